The second-order valence-corrected chi connectivity index (χ2v) is 7.30. The van der Waals surface area contributed by atoms with E-state index in [1.165, 1.54) is 23.5 Å². The molecule has 3 aromatic rings. The minimum Gasteiger partial charge on any atom is -0.296 e. The molecule has 0 aliphatic heterocycles. The van der Waals surface area contributed by atoms with E-state index in [1.807, 2.05) is 0 Å². The van der Waals surface area contributed by atoms with Crippen molar-refractivity contribution in [3.05, 3.63) is 64.7 Å². The number of nitrogens with zero attached hydrogens (tertiary/aromatic N) is 2. The molecule has 1 heterocycles. The molecular weight excluding hydrogens is 375 g/mol. The van der Waals surface area contributed by atoms with Crippen molar-refractivity contribution < 1.29 is 18.0 Å². The van der Waals surface area contributed by atoms with Crippen molar-refractivity contribution in [1.29, 1.82) is 0 Å². The summed E-state index contributed by atoms with van der Waals surface area (Å²) in [5.41, 5.74) is 0.718. The number of alkyl halides is 3. The summed E-state index contributed by atoms with van der Waals surface area (Å²) < 4.78 is 38.3. The lowest BCUT2D eigenvalue weighted by atomic mass is 9.98. The molecule has 1 saturated carbocycles. The number of hydrogen-bond donors (Lipinski definition) is 1. The molecule has 1 N–H and O–H groups in total. The maximum atomic E-state index is 12.8. The van der Waals surface area contributed by atoms with E-state index in [2.05, 4.69) is 15.5 Å². The van der Waals surface area contributed by atoms with Gasteiger partial charge in [0, 0.05) is 11.5 Å². The molecule has 1 aromatic heterocycles. The maximum Gasteiger partial charge on any atom is 0.416 e. The van der Waals surface area contributed by atoms with E-state index in [0.717, 1.165) is 30.0 Å². The second kappa shape index (κ2) is 6.77. The Balaban J connectivity index is 1.59. The molecule has 2 aromatic carbocycles. The normalized spacial score (nSPS) is 14.2. The average Bonchev–Trinajstić information content (AvgIpc) is 3.41. The van der Waals surface area contributed by atoms with Gasteiger partial charge >= 0.3 is 6.18 Å². The Morgan fingerprint density at radius 3 is 2.41 bits per heavy atom. The Bertz CT molecular complexity index is 978. The predicted octanol–water partition coefficient (Wildman–Crippen LogP) is 5.35. The van der Waals surface area contributed by atoms with Gasteiger partial charge in [0.1, 0.15) is 5.01 Å². The van der Waals surface area contributed by atoms with Crippen LogP contribution in [-0.2, 0) is 6.18 Å². The first kappa shape index (κ1) is 17.7. The third-order valence-corrected chi connectivity index (χ3v) is 5.28. The summed E-state index contributed by atoms with van der Waals surface area (Å²) in [6.07, 6.45) is -2.20. The van der Waals surface area contributed by atoms with Gasteiger partial charge in [0.15, 0.2) is 0 Å². The Hall–Kier alpha value is -2.74. The molecule has 138 valence electrons. The van der Waals surface area contributed by atoms with Crippen molar-refractivity contribution in [1.82, 2.24) is 10.2 Å². The van der Waals surface area contributed by atoms with Gasteiger partial charge in [0.2, 0.25) is 5.13 Å². The first-order chi connectivity index (χ1) is 12.9. The topological polar surface area (TPSA) is 54.9 Å². The van der Waals surface area contributed by atoms with Gasteiger partial charge in [-0.1, -0.05) is 41.7 Å². The summed E-state index contributed by atoms with van der Waals surface area (Å²) in [4.78, 5) is 12.7. The van der Waals surface area contributed by atoms with E-state index >= 15 is 0 Å². The third kappa shape index (κ3) is 3.85. The highest BCUT2D eigenvalue weighted by molar-refractivity contribution is 7.15. The van der Waals surface area contributed by atoms with Crippen LogP contribution in [0.1, 0.15) is 39.7 Å². The highest BCUT2D eigenvalue weighted by Gasteiger charge is 2.30. The zero-order chi connectivity index (χ0) is 19.0. The molecule has 0 bridgehead atoms. The number of carbonyl (C=O) groups excluding carboxylic acids is 1. The van der Waals surface area contributed by atoms with Crippen molar-refractivity contribution in [2.75, 3.05) is 5.32 Å². The molecule has 8 heteroatoms. The molecule has 1 aliphatic carbocycles. The van der Waals surface area contributed by atoms with Gasteiger partial charge in [-0.25, -0.2) is 0 Å². The Labute approximate surface area is 157 Å². The Morgan fingerprint density at radius 1 is 1.04 bits per heavy atom. The van der Waals surface area contributed by atoms with Gasteiger partial charge in [0.05, 0.1) is 5.56 Å². The van der Waals surface area contributed by atoms with Crippen LogP contribution in [0.5, 0.6) is 0 Å². The molecule has 0 radical (unpaired) electrons. The summed E-state index contributed by atoms with van der Waals surface area (Å²) >= 11 is 1.35. The monoisotopic (exact) mass is 389 g/mol. The number of rotatable bonds is 4. The summed E-state index contributed by atoms with van der Waals surface area (Å²) in [5.74, 6) is 0.0802. The van der Waals surface area contributed by atoms with Crippen LogP contribution >= 0.6 is 11.3 Å². The zero-order valence-electron chi connectivity index (χ0n) is 14.0. The van der Waals surface area contributed by atoms with Crippen LogP contribution in [0.4, 0.5) is 18.3 Å². The van der Waals surface area contributed by atoms with Crippen LogP contribution in [0, 0.1) is 0 Å². The van der Waals surface area contributed by atoms with Gasteiger partial charge in [-0.05, 0) is 42.2 Å². The van der Waals surface area contributed by atoms with Crippen molar-refractivity contribution in [3.63, 3.8) is 0 Å². The van der Waals surface area contributed by atoms with E-state index < -0.39 is 11.7 Å². The van der Waals surface area contributed by atoms with Crippen LogP contribution in [0.15, 0.2) is 48.5 Å². The van der Waals surface area contributed by atoms with E-state index in [9.17, 15) is 18.0 Å². The van der Waals surface area contributed by atoms with Crippen molar-refractivity contribution in [3.8, 4) is 11.1 Å². The van der Waals surface area contributed by atoms with Crippen LogP contribution in [-0.4, -0.2) is 16.1 Å². The van der Waals surface area contributed by atoms with Gasteiger partial charge < -0.3 is 0 Å². The minimum atomic E-state index is -4.40. The SMILES string of the molecule is O=C(Nc1nnc(C2CC2)s1)c1ccccc1-c1ccc(C(F)(F)F)cc1. The molecular formula is C19H14F3N3OS. The predicted molar refractivity (Wildman–Crippen MR) is 96.7 cm³/mol. The number of amides is 1. The molecule has 4 nitrogen and oxygen atoms in total. The molecule has 27 heavy (non-hydrogen) atoms. The quantitative estimate of drug-likeness (QED) is 0.654. The number of aromatic nitrogens is 2. The minimum absolute atomic E-state index is 0.362. The molecule has 0 atom stereocenters. The fourth-order valence-electron chi connectivity index (χ4n) is 2.72. The number of nitrogens with one attached hydrogen (secondary N) is 1. The number of anilines is 1. The van der Waals surface area contributed by atoms with Gasteiger partial charge in [-0.15, -0.1) is 10.2 Å². The summed E-state index contributed by atoms with van der Waals surface area (Å²) in [5, 5.41) is 12.2. The van der Waals surface area contributed by atoms with Gasteiger partial charge in [-0.2, -0.15) is 13.2 Å². The summed E-state index contributed by atoms with van der Waals surface area (Å²) in [6.45, 7) is 0. The molecule has 4 rings (SSSR count). The number of benzene rings is 2. The lowest BCUT2D eigenvalue weighted by Crippen LogP contribution is -2.13. The summed E-state index contributed by atoms with van der Waals surface area (Å²) in [7, 11) is 0. The van der Waals surface area contributed by atoms with Crippen molar-refractivity contribution >= 4 is 22.4 Å². The van der Waals surface area contributed by atoms with E-state index in [0.29, 0.717) is 27.7 Å². The number of carbonyl (C=O) groups is 1. The molecule has 1 amide bonds. The highest BCUT2D eigenvalue weighted by atomic mass is 32.1. The lowest BCUT2D eigenvalue weighted by molar-refractivity contribution is -0.137. The first-order valence-corrected chi connectivity index (χ1v) is 9.15. The zero-order valence-corrected chi connectivity index (χ0v) is 14.8. The largest absolute Gasteiger partial charge is 0.416 e. The van der Waals surface area contributed by atoms with E-state index in [1.54, 1.807) is 24.3 Å². The van der Waals surface area contributed by atoms with E-state index in [-0.39, 0.29) is 5.91 Å². The van der Waals surface area contributed by atoms with Gasteiger partial charge in [-0.3, -0.25) is 10.1 Å². The number of hydrogen-bond acceptors (Lipinski definition) is 4. The standard InChI is InChI=1S/C19H14F3N3OS/c20-19(21,22)13-9-7-11(8-10-13)14-3-1-2-4-15(14)16(26)23-18-25-24-17(27-18)12-5-6-12/h1-4,7-10,12H,5-6H2,(H,23,25,26). The smallest absolute Gasteiger partial charge is 0.296 e. The van der Waals surface area contributed by atoms with Crippen molar-refractivity contribution in [2.24, 2.45) is 0 Å². The maximum absolute atomic E-state index is 12.8. The van der Waals surface area contributed by atoms with Crippen LogP contribution in [0.25, 0.3) is 11.1 Å². The first-order valence-electron chi connectivity index (χ1n) is 8.33. The Morgan fingerprint density at radius 2 is 1.74 bits per heavy atom. The molecule has 0 spiro atoms. The van der Waals surface area contributed by atoms with Crippen LogP contribution < -0.4 is 5.32 Å². The average molecular weight is 389 g/mol. The fourth-order valence-corrected chi connectivity index (χ4v) is 3.62. The fraction of sp³-hybridized carbons (Fsp3) is 0.211. The van der Waals surface area contributed by atoms with Crippen LogP contribution in [0.3, 0.4) is 0 Å². The Kier molecular flexibility index (Phi) is 4.43. The molecule has 1 fully saturated rings. The third-order valence-electron chi connectivity index (χ3n) is 4.28. The van der Waals surface area contributed by atoms with Crippen LogP contribution in [0.2, 0.25) is 0 Å². The lowest BCUT2D eigenvalue weighted by Gasteiger charge is -2.11. The van der Waals surface area contributed by atoms with Gasteiger partial charge in [0.25, 0.3) is 5.91 Å². The van der Waals surface area contributed by atoms with Crippen molar-refractivity contribution in [2.45, 2.75) is 24.9 Å². The summed E-state index contributed by atoms with van der Waals surface area (Å²) in [6, 6.07) is 11.5. The molecule has 0 unspecified atom stereocenters. The highest BCUT2D eigenvalue weighted by Crippen LogP contribution is 2.42. The van der Waals surface area contributed by atoms with E-state index in [4.69, 9.17) is 0 Å². The number of halogens is 3. The second-order valence-electron chi connectivity index (χ2n) is 6.29. The molecule has 1 aliphatic rings. The molecule has 0 saturated heterocycles.